The molecule has 0 amide bonds. The quantitative estimate of drug-likeness (QED) is 0.449. The topological polar surface area (TPSA) is 29.1 Å². The van der Waals surface area contributed by atoms with Crippen LogP contribution in [0.1, 0.15) is 13.8 Å². The Morgan fingerprint density at radius 3 is 2.13 bits per heavy atom. The van der Waals surface area contributed by atoms with E-state index in [1.807, 2.05) is 0 Å². The van der Waals surface area contributed by atoms with Gasteiger partial charge >= 0.3 is 6.18 Å². The number of hydrogen-bond donors (Lipinski definition) is 1. The van der Waals surface area contributed by atoms with Crippen molar-refractivity contribution in [2.45, 2.75) is 20.0 Å². The van der Waals surface area contributed by atoms with E-state index in [2.05, 4.69) is 5.32 Å². The molecule has 0 saturated carbocycles. The molecule has 0 fully saturated rings. The fourth-order valence-electron chi connectivity index (χ4n) is 1.06. The van der Waals surface area contributed by atoms with E-state index >= 15 is 0 Å². The number of nitrogens with one attached hydrogen (secondary N) is 1. The van der Waals surface area contributed by atoms with Gasteiger partial charge in [-0.25, -0.2) is 0 Å². The first-order valence-corrected chi connectivity index (χ1v) is 4.45. The molecule has 1 N–H and O–H groups in total. The van der Waals surface area contributed by atoms with Gasteiger partial charge in [-0.15, -0.1) is 0 Å². The third-order valence-corrected chi connectivity index (χ3v) is 1.79. The lowest BCUT2D eigenvalue weighted by molar-refractivity contribution is -0.119. The van der Waals surface area contributed by atoms with Gasteiger partial charge in [-0.1, -0.05) is 13.8 Å². The number of aldehydes is 1. The lowest BCUT2D eigenvalue weighted by atomic mass is 9.97. The van der Waals surface area contributed by atoms with Crippen LogP contribution in [0, 0.1) is 5.92 Å². The van der Waals surface area contributed by atoms with Crippen molar-refractivity contribution in [3.8, 4) is 0 Å². The second-order valence-corrected chi connectivity index (χ2v) is 3.26. The molecule has 0 aliphatic carbocycles. The van der Waals surface area contributed by atoms with Gasteiger partial charge in [0.2, 0.25) is 0 Å². The van der Waals surface area contributed by atoms with Crippen LogP contribution < -0.4 is 5.32 Å². The molecule has 0 aromatic heterocycles. The summed E-state index contributed by atoms with van der Waals surface area (Å²) in [7, 11) is 1.57. The number of hydrogen-bond acceptors (Lipinski definition) is 2. The summed E-state index contributed by atoms with van der Waals surface area (Å²) in [6.07, 6.45) is -2.11. The second kappa shape index (κ2) is 5.58. The molecule has 5 heteroatoms. The zero-order valence-electron chi connectivity index (χ0n) is 8.85. The molecule has 15 heavy (non-hydrogen) atoms. The first kappa shape index (κ1) is 13.7. The Labute approximate surface area is 86.9 Å². The van der Waals surface area contributed by atoms with E-state index in [1.54, 1.807) is 20.9 Å². The summed E-state index contributed by atoms with van der Waals surface area (Å²) in [6.45, 7) is 3.20. The van der Waals surface area contributed by atoms with Crippen molar-refractivity contribution < 1.29 is 18.0 Å². The average molecular weight is 221 g/mol. The van der Waals surface area contributed by atoms with Gasteiger partial charge in [-0.2, -0.15) is 13.2 Å². The number of carbonyl (C=O) groups is 1. The summed E-state index contributed by atoms with van der Waals surface area (Å²) in [4.78, 5) is 10.4. The van der Waals surface area contributed by atoms with Crippen LogP contribution in [0.25, 0.3) is 0 Å². The third kappa shape index (κ3) is 4.18. The Bertz CT molecular complexity index is 277. The number of halogens is 3. The first-order chi connectivity index (χ1) is 6.84. The smallest absolute Gasteiger partial charge is 0.394 e. The molecule has 0 radical (unpaired) electrons. The van der Waals surface area contributed by atoms with Gasteiger partial charge in [-0.05, 0) is 23.8 Å². The minimum atomic E-state index is -4.60. The maximum absolute atomic E-state index is 12.4. The Hall–Kier alpha value is -1.26. The number of rotatable bonds is 4. The van der Waals surface area contributed by atoms with E-state index in [4.69, 9.17) is 0 Å². The van der Waals surface area contributed by atoms with E-state index in [1.165, 1.54) is 12.3 Å². The largest absolute Gasteiger partial charge is 0.419 e. The molecule has 0 atom stereocenters. The van der Waals surface area contributed by atoms with E-state index in [0.29, 0.717) is 0 Å². The van der Waals surface area contributed by atoms with Gasteiger partial charge in [0.25, 0.3) is 0 Å². The molecule has 0 heterocycles. The minimum Gasteiger partial charge on any atom is -0.394 e. The lowest BCUT2D eigenvalue weighted by Crippen LogP contribution is -2.17. The van der Waals surface area contributed by atoms with Gasteiger partial charge in [-0.3, -0.25) is 4.79 Å². The molecule has 0 aliphatic rings. The maximum Gasteiger partial charge on any atom is 0.419 e. The fraction of sp³-hybridized carbons (Fsp3) is 0.500. The second-order valence-electron chi connectivity index (χ2n) is 3.26. The summed E-state index contributed by atoms with van der Waals surface area (Å²) in [5, 5.41) is 2.59. The standard InChI is InChI=1S/C10H14F3NO/c1-7(2)8(4-5-14-3)9(6-15)10(11,12)13/h4-7,14H,1-3H3/b5-4-,9-8-. The summed E-state index contributed by atoms with van der Waals surface area (Å²) in [5.74, 6) is -0.364. The average Bonchev–Trinajstić information content (AvgIpc) is 2.09. The van der Waals surface area contributed by atoms with E-state index in [0.717, 1.165) is 0 Å². The van der Waals surface area contributed by atoms with Crippen molar-refractivity contribution in [2.24, 2.45) is 5.92 Å². The predicted octanol–water partition coefficient (Wildman–Crippen LogP) is 2.43. The monoisotopic (exact) mass is 221 g/mol. The van der Waals surface area contributed by atoms with Gasteiger partial charge in [0.15, 0.2) is 6.29 Å². The molecular weight excluding hydrogens is 207 g/mol. The fourth-order valence-corrected chi connectivity index (χ4v) is 1.06. The van der Waals surface area contributed by atoms with Crippen molar-refractivity contribution in [2.75, 3.05) is 7.05 Å². The molecule has 0 rings (SSSR count). The van der Waals surface area contributed by atoms with Gasteiger partial charge in [0.1, 0.15) is 0 Å². The SMILES string of the molecule is CN/C=C\C(=C(/C=O)C(F)(F)F)C(C)C. The first-order valence-electron chi connectivity index (χ1n) is 4.45. The van der Waals surface area contributed by atoms with Crippen LogP contribution >= 0.6 is 0 Å². The van der Waals surface area contributed by atoms with E-state index in [-0.39, 0.29) is 17.8 Å². The highest BCUT2D eigenvalue weighted by Gasteiger charge is 2.36. The van der Waals surface area contributed by atoms with Crippen molar-refractivity contribution in [1.29, 1.82) is 0 Å². The van der Waals surface area contributed by atoms with Crippen LogP contribution in [-0.4, -0.2) is 19.5 Å². The summed E-state index contributed by atoms with van der Waals surface area (Å²) >= 11 is 0. The van der Waals surface area contributed by atoms with Crippen molar-refractivity contribution in [3.05, 3.63) is 23.4 Å². The molecule has 2 nitrogen and oxygen atoms in total. The number of allylic oxidation sites excluding steroid dienone is 3. The number of carbonyl (C=O) groups excluding carboxylic acids is 1. The molecular formula is C10H14F3NO. The number of alkyl halides is 3. The Kier molecular flexibility index (Phi) is 5.11. The molecule has 86 valence electrons. The molecule has 0 spiro atoms. The lowest BCUT2D eigenvalue weighted by Gasteiger charge is -2.13. The third-order valence-electron chi connectivity index (χ3n) is 1.79. The molecule has 0 bridgehead atoms. The van der Waals surface area contributed by atoms with Gasteiger partial charge in [0, 0.05) is 7.05 Å². The molecule has 0 saturated heterocycles. The normalized spacial score (nSPS) is 14.3. The molecule has 0 aliphatic heterocycles. The minimum absolute atomic E-state index is 0.0214. The van der Waals surface area contributed by atoms with Crippen LogP contribution in [0.15, 0.2) is 23.4 Å². The summed E-state index contributed by atoms with van der Waals surface area (Å²) in [5.41, 5.74) is -1.14. The summed E-state index contributed by atoms with van der Waals surface area (Å²) < 4.78 is 37.2. The van der Waals surface area contributed by atoms with Gasteiger partial charge in [0.05, 0.1) is 5.57 Å². The highest BCUT2D eigenvalue weighted by molar-refractivity contribution is 5.77. The molecule has 0 aromatic carbocycles. The highest BCUT2D eigenvalue weighted by Crippen LogP contribution is 2.30. The van der Waals surface area contributed by atoms with Crippen molar-refractivity contribution in [3.63, 3.8) is 0 Å². The highest BCUT2D eigenvalue weighted by atomic mass is 19.4. The molecule has 0 unspecified atom stereocenters. The zero-order chi connectivity index (χ0) is 12.1. The Morgan fingerprint density at radius 1 is 1.33 bits per heavy atom. The van der Waals surface area contributed by atoms with Crippen LogP contribution in [0.5, 0.6) is 0 Å². The Balaban J connectivity index is 5.39. The summed E-state index contributed by atoms with van der Waals surface area (Å²) in [6, 6.07) is 0. The van der Waals surface area contributed by atoms with Gasteiger partial charge < -0.3 is 5.32 Å². The van der Waals surface area contributed by atoms with E-state index in [9.17, 15) is 18.0 Å². The maximum atomic E-state index is 12.4. The van der Waals surface area contributed by atoms with Crippen LogP contribution in [0.3, 0.4) is 0 Å². The Morgan fingerprint density at radius 2 is 1.87 bits per heavy atom. The predicted molar refractivity (Wildman–Crippen MR) is 52.2 cm³/mol. The van der Waals surface area contributed by atoms with E-state index < -0.39 is 11.7 Å². The van der Waals surface area contributed by atoms with Crippen LogP contribution in [0.2, 0.25) is 0 Å². The van der Waals surface area contributed by atoms with Crippen LogP contribution in [-0.2, 0) is 4.79 Å². The van der Waals surface area contributed by atoms with Crippen LogP contribution in [0.4, 0.5) is 13.2 Å². The molecule has 0 aromatic rings. The van der Waals surface area contributed by atoms with Crippen molar-refractivity contribution in [1.82, 2.24) is 5.32 Å². The zero-order valence-corrected chi connectivity index (χ0v) is 8.85. The van der Waals surface area contributed by atoms with Crippen molar-refractivity contribution >= 4 is 6.29 Å².